The number of rotatable bonds is 3. The van der Waals surface area contributed by atoms with E-state index in [4.69, 9.17) is 0 Å². The van der Waals surface area contributed by atoms with Crippen molar-refractivity contribution in [3.63, 3.8) is 0 Å². The van der Waals surface area contributed by atoms with Gasteiger partial charge in [-0.3, -0.25) is 9.78 Å². The predicted molar refractivity (Wildman–Crippen MR) is 84.3 cm³/mol. The molecule has 0 radical (unpaired) electrons. The lowest BCUT2D eigenvalue weighted by atomic mass is 9.89. The Balaban J connectivity index is 2.22. The molecular weight excluding hydrogens is 264 g/mol. The smallest absolute Gasteiger partial charge is 0.253 e. The molecule has 0 aliphatic rings. The second-order valence-electron chi connectivity index (χ2n) is 6.42. The predicted octanol–water partition coefficient (Wildman–Crippen LogP) is 2.68. The Hall–Kier alpha value is -1.94. The fraction of sp³-hybridized carbons (Fsp3) is 0.412. The third-order valence-corrected chi connectivity index (χ3v) is 3.56. The van der Waals surface area contributed by atoms with Gasteiger partial charge in [-0.15, -0.1) is 0 Å². The molecule has 0 saturated carbocycles. The number of nitrogens with zero attached hydrogens (tertiary/aromatic N) is 1. The second kappa shape index (κ2) is 5.82. The number of hydrogen-bond donors (Lipinski definition) is 2. The molecule has 2 N–H and O–H groups in total. The first kappa shape index (κ1) is 15.4. The summed E-state index contributed by atoms with van der Waals surface area (Å²) in [6, 6.07) is 9.41. The first-order valence-electron chi connectivity index (χ1n) is 7.11. The van der Waals surface area contributed by atoms with Gasteiger partial charge in [0, 0.05) is 17.6 Å². The van der Waals surface area contributed by atoms with Gasteiger partial charge >= 0.3 is 0 Å². The highest BCUT2D eigenvalue weighted by atomic mass is 16.3. The van der Waals surface area contributed by atoms with Crippen LogP contribution in [0.25, 0.3) is 10.9 Å². The van der Waals surface area contributed by atoms with Gasteiger partial charge in [0.2, 0.25) is 0 Å². The molecule has 1 atom stereocenters. The molecule has 0 aliphatic carbocycles. The van der Waals surface area contributed by atoms with Crippen molar-refractivity contribution in [1.82, 2.24) is 10.3 Å². The fourth-order valence-electron chi connectivity index (χ4n) is 2.02. The fourth-order valence-corrected chi connectivity index (χ4v) is 2.02. The van der Waals surface area contributed by atoms with E-state index in [9.17, 15) is 9.90 Å². The maximum Gasteiger partial charge on any atom is 0.253 e. The molecule has 0 saturated heterocycles. The van der Waals surface area contributed by atoms with Crippen LogP contribution in [0.2, 0.25) is 0 Å². The zero-order chi connectivity index (χ0) is 15.6. The second-order valence-corrected chi connectivity index (χ2v) is 6.42. The summed E-state index contributed by atoms with van der Waals surface area (Å²) >= 11 is 0. The molecule has 1 amide bonds. The summed E-state index contributed by atoms with van der Waals surface area (Å²) in [5, 5.41) is 13.7. The van der Waals surface area contributed by atoms with Gasteiger partial charge in [0.05, 0.1) is 17.2 Å². The number of aliphatic hydroxyl groups is 1. The van der Waals surface area contributed by atoms with E-state index < -0.39 is 6.10 Å². The quantitative estimate of drug-likeness (QED) is 0.912. The van der Waals surface area contributed by atoms with Crippen molar-refractivity contribution in [2.45, 2.75) is 33.8 Å². The van der Waals surface area contributed by atoms with Crippen LogP contribution < -0.4 is 5.32 Å². The largest absolute Gasteiger partial charge is 0.391 e. The highest BCUT2D eigenvalue weighted by molar-refractivity contribution is 6.05. The number of aryl methyl sites for hydroxylation is 1. The Labute approximate surface area is 125 Å². The van der Waals surface area contributed by atoms with E-state index in [-0.39, 0.29) is 17.9 Å². The number of carbonyl (C=O) groups excluding carboxylic acids is 1. The Morgan fingerprint density at radius 1 is 1.29 bits per heavy atom. The summed E-state index contributed by atoms with van der Waals surface area (Å²) < 4.78 is 0. The zero-order valence-corrected chi connectivity index (χ0v) is 13.0. The van der Waals surface area contributed by atoms with Crippen LogP contribution in [-0.2, 0) is 0 Å². The third-order valence-electron chi connectivity index (χ3n) is 3.56. The lowest BCUT2D eigenvalue weighted by Gasteiger charge is -2.25. The average molecular weight is 286 g/mol. The maximum atomic E-state index is 12.3. The van der Waals surface area contributed by atoms with Crippen LogP contribution in [0.5, 0.6) is 0 Å². The number of hydrogen-bond acceptors (Lipinski definition) is 3. The van der Waals surface area contributed by atoms with E-state index in [1.165, 1.54) is 0 Å². The van der Waals surface area contributed by atoms with Gasteiger partial charge in [-0.1, -0.05) is 39.0 Å². The maximum absolute atomic E-state index is 12.3. The minimum Gasteiger partial charge on any atom is -0.391 e. The molecule has 1 unspecified atom stereocenters. The van der Waals surface area contributed by atoms with Crippen LogP contribution in [-0.4, -0.2) is 28.6 Å². The van der Waals surface area contributed by atoms with Crippen molar-refractivity contribution >= 4 is 16.8 Å². The minimum atomic E-state index is -0.592. The number of aliphatic hydroxyl groups excluding tert-OH is 1. The monoisotopic (exact) mass is 286 g/mol. The van der Waals surface area contributed by atoms with Crippen molar-refractivity contribution in [1.29, 1.82) is 0 Å². The van der Waals surface area contributed by atoms with Crippen molar-refractivity contribution in [3.05, 3.63) is 41.6 Å². The van der Waals surface area contributed by atoms with Crippen LogP contribution in [0.15, 0.2) is 30.3 Å². The standard InChI is InChI=1S/C17H22N2O2/c1-11-8-9-12-6-5-7-13(15(12)19-11)16(21)18-10-14(20)17(2,3)4/h5-9,14,20H,10H2,1-4H3,(H,18,21). The molecular formula is C17H22N2O2. The summed E-state index contributed by atoms with van der Waals surface area (Å²) in [7, 11) is 0. The molecule has 112 valence electrons. The highest BCUT2D eigenvalue weighted by Gasteiger charge is 2.23. The summed E-state index contributed by atoms with van der Waals surface area (Å²) in [6.45, 7) is 7.94. The molecule has 0 fully saturated rings. The molecule has 0 spiro atoms. The van der Waals surface area contributed by atoms with Crippen LogP contribution >= 0.6 is 0 Å². The van der Waals surface area contributed by atoms with E-state index in [1.54, 1.807) is 6.07 Å². The number of benzene rings is 1. The van der Waals surface area contributed by atoms with Crippen LogP contribution in [0, 0.1) is 12.3 Å². The molecule has 0 aliphatic heterocycles. The molecule has 2 rings (SSSR count). The van der Waals surface area contributed by atoms with Crippen molar-refractivity contribution in [2.24, 2.45) is 5.41 Å². The Morgan fingerprint density at radius 2 is 2.00 bits per heavy atom. The first-order valence-corrected chi connectivity index (χ1v) is 7.11. The van der Waals surface area contributed by atoms with E-state index in [1.807, 2.05) is 52.0 Å². The number of amides is 1. The molecule has 21 heavy (non-hydrogen) atoms. The number of aromatic nitrogens is 1. The molecule has 0 bridgehead atoms. The van der Waals surface area contributed by atoms with Crippen LogP contribution in [0.1, 0.15) is 36.8 Å². The van der Waals surface area contributed by atoms with E-state index >= 15 is 0 Å². The van der Waals surface area contributed by atoms with Crippen molar-refractivity contribution < 1.29 is 9.90 Å². The summed E-state index contributed by atoms with van der Waals surface area (Å²) in [4.78, 5) is 16.8. The number of nitrogens with one attached hydrogen (secondary N) is 1. The van der Waals surface area contributed by atoms with Gasteiger partial charge in [0.25, 0.3) is 5.91 Å². The zero-order valence-electron chi connectivity index (χ0n) is 13.0. The van der Waals surface area contributed by atoms with Crippen molar-refractivity contribution in [3.8, 4) is 0 Å². The lowest BCUT2D eigenvalue weighted by molar-refractivity contribution is 0.0587. The number of carbonyl (C=O) groups is 1. The minimum absolute atomic E-state index is 0.206. The molecule has 2 aromatic rings. The molecule has 4 heteroatoms. The van der Waals surface area contributed by atoms with E-state index in [0.29, 0.717) is 11.1 Å². The summed E-state index contributed by atoms with van der Waals surface area (Å²) in [5.74, 6) is -0.206. The van der Waals surface area contributed by atoms with Gasteiger partial charge in [0.15, 0.2) is 0 Å². The van der Waals surface area contributed by atoms with Gasteiger partial charge in [-0.05, 0) is 24.5 Å². The number of fused-ring (bicyclic) bond motifs is 1. The van der Waals surface area contributed by atoms with Crippen molar-refractivity contribution in [2.75, 3.05) is 6.54 Å². The Bertz CT molecular complexity index is 659. The number of para-hydroxylation sites is 1. The average Bonchev–Trinajstić information content (AvgIpc) is 2.42. The normalized spacial score (nSPS) is 13.2. The molecule has 1 aromatic carbocycles. The highest BCUT2D eigenvalue weighted by Crippen LogP contribution is 2.19. The molecule has 4 nitrogen and oxygen atoms in total. The first-order chi connectivity index (χ1) is 9.79. The van der Waals surface area contributed by atoms with Gasteiger partial charge < -0.3 is 10.4 Å². The van der Waals surface area contributed by atoms with Gasteiger partial charge in [-0.2, -0.15) is 0 Å². The van der Waals surface area contributed by atoms with Gasteiger partial charge in [0.1, 0.15) is 0 Å². The summed E-state index contributed by atoms with van der Waals surface area (Å²) in [5.41, 5.74) is 1.84. The third kappa shape index (κ3) is 3.58. The van der Waals surface area contributed by atoms with Crippen LogP contribution in [0.3, 0.4) is 0 Å². The molecule has 1 heterocycles. The van der Waals surface area contributed by atoms with Crippen LogP contribution in [0.4, 0.5) is 0 Å². The van der Waals surface area contributed by atoms with Gasteiger partial charge in [-0.25, -0.2) is 0 Å². The SMILES string of the molecule is Cc1ccc2cccc(C(=O)NCC(O)C(C)(C)C)c2n1. The van der Waals surface area contributed by atoms with E-state index in [0.717, 1.165) is 11.1 Å². The lowest BCUT2D eigenvalue weighted by Crippen LogP contribution is -2.39. The number of pyridine rings is 1. The molecule has 1 aromatic heterocycles. The summed E-state index contributed by atoms with van der Waals surface area (Å²) in [6.07, 6.45) is -0.592. The topological polar surface area (TPSA) is 62.2 Å². The Morgan fingerprint density at radius 3 is 2.67 bits per heavy atom. The Kier molecular flexibility index (Phi) is 4.28. The van der Waals surface area contributed by atoms with E-state index in [2.05, 4.69) is 10.3 Å².